The molecule has 0 fully saturated rings. The minimum absolute atomic E-state index is 0.686. The van der Waals surface area contributed by atoms with E-state index >= 15 is 0 Å². The Labute approximate surface area is 89.6 Å². The second kappa shape index (κ2) is 3.98. The number of aryl methyl sites for hydroxylation is 1. The SMILES string of the molecule is Cc1cc[c]c(-c2ccc(C#N)cc2)c1. The quantitative estimate of drug-likeness (QED) is 0.679. The van der Waals surface area contributed by atoms with Gasteiger partial charge in [0.05, 0.1) is 11.6 Å². The van der Waals surface area contributed by atoms with Crippen LogP contribution in [0, 0.1) is 24.3 Å². The van der Waals surface area contributed by atoms with Crippen LogP contribution in [0.5, 0.6) is 0 Å². The monoisotopic (exact) mass is 192 g/mol. The third-order valence-corrected chi connectivity index (χ3v) is 2.28. The standard InChI is InChI=1S/C14H10N/c1-11-3-2-4-14(9-11)13-7-5-12(10-15)6-8-13/h2-3,5-9H,1H3. The number of nitrogens with zero attached hydrogens (tertiary/aromatic N) is 1. The van der Waals surface area contributed by atoms with Gasteiger partial charge in [-0.05, 0) is 36.2 Å². The van der Waals surface area contributed by atoms with Crippen LogP contribution in [-0.4, -0.2) is 0 Å². The summed E-state index contributed by atoms with van der Waals surface area (Å²) in [5.41, 5.74) is 4.07. The molecule has 2 aromatic carbocycles. The molecule has 0 amide bonds. The van der Waals surface area contributed by atoms with Gasteiger partial charge in [-0.1, -0.05) is 35.9 Å². The molecule has 0 unspecified atom stereocenters. The van der Waals surface area contributed by atoms with Gasteiger partial charge < -0.3 is 0 Å². The lowest BCUT2D eigenvalue weighted by Crippen LogP contribution is -1.80. The lowest BCUT2D eigenvalue weighted by Gasteiger charge is -2.01. The lowest BCUT2D eigenvalue weighted by atomic mass is 10.0. The smallest absolute Gasteiger partial charge is 0.0991 e. The molecule has 0 aromatic heterocycles. The van der Waals surface area contributed by atoms with Crippen LogP contribution in [0.4, 0.5) is 0 Å². The van der Waals surface area contributed by atoms with Gasteiger partial charge in [0, 0.05) is 0 Å². The van der Waals surface area contributed by atoms with E-state index in [1.165, 1.54) is 5.56 Å². The van der Waals surface area contributed by atoms with E-state index in [9.17, 15) is 0 Å². The summed E-state index contributed by atoms with van der Waals surface area (Å²) >= 11 is 0. The highest BCUT2D eigenvalue weighted by atomic mass is 14.2. The summed E-state index contributed by atoms with van der Waals surface area (Å²) < 4.78 is 0. The van der Waals surface area contributed by atoms with Crippen molar-refractivity contribution in [3.8, 4) is 17.2 Å². The molecule has 0 atom stereocenters. The Hall–Kier alpha value is -2.07. The fourth-order valence-electron chi connectivity index (χ4n) is 1.47. The molecule has 71 valence electrons. The van der Waals surface area contributed by atoms with E-state index in [4.69, 9.17) is 5.26 Å². The summed E-state index contributed by atoms with van der Waals surface area (Å²) in [5.74, 6) is 0. The average Bonchev–Trinajstić information content (AvgIpc) is 2.29. The van der Waals surface area contributed by atoms with Crippen LogP contribution in [-0.2, 0) is 0 Å². The average molecular weight is 192 g/mol. The van der Waals surface area contributed by atoms with E-state index in [1.807, 2.05) is 36.4 Å². The van der Waals surface area contributed by atoms with Gasteiger partial charge >= 0.3 is 0 Å². The van der Waals surface area contributed by atoms with Crippen molar-refractivity contribution in [2.75, 3.05) is 0 Å². The van der Waals surface area contributed by atoms with Gasteiger partial charge in [0.15, 0.2) is 0 Å². The lowest BCUT2D eigenvalue weighted by molar-refractivity contribution is 1.45. The second-order valence-corrected chi connectivity index (χ2v) is 3.47. The predicted molar refractivity (Wildman–Crippen MR) is 60.2 cm³/mol. The number of benzene rings is 2. The summed E-state index contributed by atoms with van der Waals surface area (Å²) in [6.07, 6.45) is 0. The highest BCUT2D eigenvalue weighted by Gasteiger charge is 1.97. The first-order valence-electron chi connectivity index (χ1n) is 4.78. The fourth-order valence-corrected chi connectivity index (χ4v) is 1.47. The van der Waals surface area contributed by atoms with Crippen molar-refractivity contribution in [3.63, 3.8) is 0 Å². The van der Waals surface area contributed by atoms with Gasteiger partial charge in [0.25, 0.3) is 0 Å². The summed E-state index contributed by atoms with van der Waals surface area (Å²) in [4.78, 5) is 0. The van der Waals surface area contributed by atoms with Crippen LogP contribution in [0.15, 0.2) is 42.5 Å². The molecule has 0 N–H and O–H groups in total. The van der Waals surface area contributed by atoms with E-state index in [0.717, 1.165) is 11.1 Å². The zero-order valence-corrected chi connectivity index (χ0v) is 8.49. The topological polar surface area (TPSA) is 23.8 Å². The molecule has 0 saturated heterocycles. The normalized spacial score (nSPS) is 9.60. The van der Waals surface area contributed by atoms with Crippen molar-refractivity contribution >= 4 is 0 Å². The van der Waals surface area contributed by atoms with Crippen molar-refractivity contribution in [2.45, 2.75) is 6.92 Å². The van der Waals surface area contributed by atoms with Crippen LogP contribution >= 0.6 is 0 Å². The number of hydrogen-bond acceptors (Lipinski definition) is 1. The van der Waals surface area contributed by atoms with Crippen molar-refractivity contribution < 1.29 is 0 Å². The largest absolute Gasteiger partial charge is 0.192 e. The summed E-state index contributed by atoms with van der Waals surface area (Å²) in [6, 6.07) is 18.9. The Morgan fingerprint density at radius 1 is 1.13 bits per heavy atom. The van der Waals surface area contributed by atoms with E-state index < -0.39 is 0 Å². The summed E-state index contributed by atoms with van der Waals surface area (Å²) in [7, 11) is 0. The third kappa shape index (κ3) is 2.05. The molecular weight excluding hydrogens is 182 g/mol. The van der Waals surface area contributed by atoms with Gasteiger partial charge in [0.2, 0.25) is 0 Å². The van der Waals surface area contributed by atoms with Crippen LogP contribution in [0.1, 0.15) is 11.1 Å². The van der Waals surface area contributed by atoms with Crippen LogP contribution in [0.2, 0.25) is 0 Å². The van der Waals surface area contributed by atoms with Crippen molar-refractivity contribution in [3.05, 3.63) is 59.7 Å². The van der Waals surface area contributed by atoms with E-state index in [0.29, 0.717) is 5.56 Å². The van der Waals surface area contributed by atoms with Crippen LogP contribution in [0.3, 0.4) is 0 Å². The van der Waals surface area contributed by atoms with Crippen LogP contribution < -0.4 is 0 Å². The predicted octanol–water partition coefficient (Wildman–Crippen LogP) is 3.33. The zero-order chi connectivity index (χ0) is 10.7. The molecule has 15 heavy (non-hydrogen) atoms. The molecule has 0 aliphatic heterocycles. The molecular formula is C14H10N. The molecule has 0 spiro atoms. The molecule has 0 bridgehead atoms. The molecule has 1 radical (unpaired) electrons. The maximum Gasteiger partial charge on any atom is 0.0991 e. The van der Waals surface area contributed by atoms with E-state index in [1.54, 1.807) is 0 Å². The number of hydrogen-bond donors (Lipinski definition) is 0. The van der Waals surface area contributed by atoms with Gasteiger partial charge in [0.1, 0.15) is 0 Å². The first-order chi connectivity index (χ1) is 7.29. The Balaban J connectivity index is 2.42. The molecule has 0 aliphatic carbocycles. The number of rotatable bonds is 1. The molecule has 0 aliphatic rings. The molecule has 1 heteroatoms. The summed E-state index contributed by atoms with van der Waals surface area (Å²) in [5, 5.41) is 8.69. The Morgan fingerprint density at radius 2 is 1.87 bits per heavy atom. The van der Waals surface area contributed by atoms with Gasteiger partial charge in [-0.25, -0.2) is 0 Å². The number of nitriles is 1. The fraction of sp³-hybridized carbons (Fsp3) is 0.0714. The molecule has 0 saturated carbocycles. The van der Waals surface area contributed by atoms with E-state index in [2.05, 4.69) is 25.1 Å². The Morgan fingerprint density at radius 3 is 2.47 bits per heavy atom. The molecule has 0 heterocycles. The van der Waals surface area contributed by atoms with Crippen LogP contribution in [0.25, 0.3) is 11.1 Å². The van der Waals surface area contributed by atoms with Gasteiger partial charge in [-0.2, -0.15) is 5.26 Å². The first kappa shape index (κ1) is 9.48. The van der Waals surface area contributed by atoms with Crippen molar-refractivity contribution in [1.29, 1.82) is 5.26 Å². The van der Waals surface area contributed by atoms with Gasteiger partial charge in [-0.15, -0.1) is 0 Å². The first-order valence-corrected chi connectivity index (χ1v) is 4.78. The third-order valence-electron chi connectivity index (χ3n) is 2.28. The van der Waals surface area contributed by atoms with Gasteiger partial charge in [-0.3, -0.25) is 0 Å². The van der Waals surface area contributed by atoms with Crippen molar-refractivity contribution in [2.24, 2.45) is 0 Å². The molecule has 2 aromatic rings. The van der Waals surface area contributed by atoms with Crippen molar-refractivity contribution in [1.82, 2.24) is 0 Å². The highest BCUT2D eigenvalue weighted by Crippen LogP contribution is 2.19. The zero-order valence-electron chi connectivity index (χ0n) is 8.49. The molecule has 2 rings (SSSR count). The Bertz CT molecular complexity index is 504. The second-order valence-electron chi connectivity index (χ2n) is 3.47. The summed E-state index contributed by atoms with van der Waals surface area (Å²) in [6.45, 7) is 2.06. The maximum atomic E-state index is 8.69. The minimum Gasteiger partial charge on any atom is -0.192 e. The van der Waals surface area contributed by atoms with E-state index in [-0.39, 0.29) is 0 Å². The Kier molecular flexibility index (Phi) is 2.51. The highest BCUT2D eigenvalue weighted by molar-refractivity contribution is 5.64. The maximum absolute atomic E-state index is 8.69. The molecule has 1 nitrogen and oxygen atoms in total. The minimum atomic E-state index is 0.686.